The van der Waals surface area contributed by atoms with Crippen molar-refractivity contribution in [3.63, 3.8) is 0 Å². The summed E-state index contributed by atoms with van der Waals surface area (Å²) in [5.41, 5.74) is -0.566. The second-order valence-electron chi connectivity index (χ2n) is 6.13. The van der Waals surface area contributed by atoms with Crippen molar-refractivity contribution in [3.05, 3.63) is 34.1 Å². The molecule has 0 saturated carbocycles. The molecule has 29 heavy (non-hydrogen) atoms. The lowest BCUT2D eigenvalue weighted by atomic mass is 9.90. The molecule has 2 rings (SSSR count). The lowest BCUT2D eigenvalue weighted by Gasteiger charge is -2.25. The number of imide groups is 1. The predicted octanol–water partition coefficient (Wildman–Crippen LogP) is 3.91. The third-order valence-corrected chi connectivity index (χ3v) is 4.82. The summed E-state index contributed by atoms with van der Waals surface area (Å²) >= 11 is 11.6. The van der Waals surface area contributed by atoms with Gasteiger partial charge >= 0.3 is 5.97 Å². The zero-order chi connectivity index (χ0) is 21.6. The summed E-state index contributed by atoms with van der Waals surface area (Å²) < 4.78 is 25.0. The molecule has 0 saturated heterocycles. The van der Waals surface area contributed by atoms with Crippen molar-refractivity contribution in [3.8, 4) is 5.75 Å². The fraction of sp³-hybridized carbons (Fsp3) is 0.421. The van der Waals surface area contributed by atoms with Gasteiger partial charge in [0, 0.05) is 23.8 Å². The second-order valence-corrected chi connectivity index (χ2v) is 6.80. The molecule has 1 aliphatic rings. The van der Waals surface area contributed by atoms with E-state index in [1.807, 2.05) is 0 Å². The Hall–Kier alpha value is -2.16. The fourth-order valence-corrected chi connectivity index (χ4v) is 3.24. The molecule has 0 spiro atoms. The first kappa shape index (κ1) is 23.1. The molecule has 1 aromatic carbocycles. The van der Waals surface area contributed by atoms with Crippen molar-refractivity contribution in [2.75, 3.05) is 24.2 Å². The third kappa shape index (κ3) is 5.46. The second kappa shape index (κ2) is 10.6. The molecular weight excluding hydrogens is 428 g/mol. The molecule has 1 N–H and O–H groups in total. The summed E-state index contributed by atoms with van der Waals surface area (Å²) in [6, 6.07) is 1.98. The van der Waals surface area contributed by atoms with Gasteiger partial charge in [0.1, 0.15) is 17.4 Å². The Balaban J connectivity index is 2.52. The van der Waals surface area contributed by atoms with Crippen LogP contribution in [0.5, 0.6) is 5.75 Å². The van der Waals surface area contributed by atoms with E-state index in [4.69, 9.17) is 32.7 Å². The molecule has 7 nitrogen and oxygen atoms in total. The van der Waals surface area contributed by atoms with Gasteiger partial charge < -0.3 is 14.6 Å². The van der Waals surface area contributed by atoms with Crippen molar-refractivity contribution in [1.29, 1.82) is 0 Å². The summed E-state index contributed by atoms with van der Waals surface area (Å²) in [7, 11) is 0. The van der Waals surface area contributed by atoms with Crippen LogP contribution in [0, 0.1) is 5.82 Å². The van der Waals surface area contributed by atoms with E-state index < -0.39 is 35.2 Å². The van der Waals surface area contributed by atoms with Crippen LogP contribution in [0.3, 0.4) is 0 Å². The maximum atomic E-state index is 14.7. The number of carbonyl (C=O) groups excluding carboxylic acids is 2. The molecule has 0 unspecified atom stereocenters. The van der Waals surface area contributed by atoms with Gasteiger partial charge in [0.25, 0.3) is 5.91 Å². The Kier molecular flexibility index (Phi) is 8.43. The van der Waals surface area contributed by atoms with Crippen LogP contribution < -0.4 is 9.64 Å². The van der Waals surface area contributed by atoms with Crippen LogP contribution in [0.2, 0.25) is 5.02 Å². The minimum Gasteiger partial charge on any atom is -0.478 e. The Bertz CT molecular complexity index is 842. The number of nitrogens with zero attached hydrogens (tertiary/aromatic N) is 1. The number of alkyl halides is 1. The van der Waals surface area contributed by atoms with E-state index in [-0.39, 0.29) is 41.6 Å². The fourth-order valence-electron chi connectivity index (χ4n) is 2.92. The average molecular weight is 448 g/mol. The van der Waals surface area contributed by atoms with Crippen molar-refractivity contribution < 1.29 is 33.4 Å². The number of benzene rings is 1. The van der Waals surface area contributed by atoms with E-state index >= 15 is 0 Å². The highest BCUT2D eigenvalue weighted by Gasteiger charge is 2.33. The molecule has 2 amide bonds. The van der Waals surface area contributed by atoms with Gasteiger partial charge in [0.15, 0.2) is 6.79 Å². The Labute approximate surface area is 177 Å². The molecule has 0 fully saturated rings. The number of aliphatic carboxylic acids is 1. The van der Waals surface area contributed by atoms with E-state index in [9.17, 15) is 23.9 Å². The molecule has 1 aromatic rings. The topological polar surface area (TPSA) is 93.1 Å². The van der Waals surface area contributed by atoms with Crippen molar-refractivity contribution >= 4 is 46.7 Å². The number of anilines is 1. The zero-order valence-electron chi connectivity index (χ0n) is 15.7. The smallest absolute Gasteiger partial charge is 0.332 e. The number of carboxylic acid groups (broad SMARTS) is 1. The summed E-state index contributed by atoms with van der Waals surface area (Å²) in [4.78, 5) is 37.6. The predicted molar refractivity (Wildman–Crippen MR) is 105 cm³/mol. The number of hydrogen-bond donors (Lipinski definition) is 1. The standard InChI is InChI=1S/C19H20Cl2FNO6/c1-2-28-10-29-16-8-15(14(22)7-13(16)21)23(17(24)9-20)18(25)11-5-3-4-6-12(11)19(26)27/h7-8H,2-6,9-10H2,1H3,(H,26,27). The number of amides is 2. The maximum absolute atomic E-state index is 14.7. The number of carbonyl (C=O) groups is 3. The van der Waals surface area contributed by atoms with Gasteiger partial charge in [0.05, 0.1) is 10.7 Å². The highest BCUT2D eigenvalue weighted by Crippen LogP contribution is 2.35. The first-order valence-corrected chi connectivity index (χ1v) is 9.81. The minimum absolute atomic E-state index is 0.00669. The molecule has 0 heterocycles. The van der Waals surface area contributed by atoms with Gasteiger partial charge in [0.2, 0.25) is 5.91 Å². The SMILES string of the molecule is CCOCOc1cc(N(C(=O)CCl)C(=O)C2=C(C(=O)O)CCCC2)c(F)cc1Cl. The van der Waals surface area contributed by atoms with E-state index in [0.29, 0.717) is 24.3 Å². The monoisotopic (exact) mass is 447 g/mol. The van der Waals surface area contributed by atoms with Crippen LogP contribution in [0.4, 0.5) is 10.1 Å². The van der Waals surface area contributed by atoms with Gasteiger partial charge in [-0.15, -0.1) is 11.6 Å². The van der Waals surface area contributed by atoms with Gasteiger partial charge in [-0.25, -0.2) is 14.1 Å². The number of hydrogen-bond acceptors (Lipinski definition) is 5. The van der Waals surface area contributed by atoms with E-state index in [1.54, 1.807) is 6.92 Å². The van der Waals surface area contributed by atoms with Crippen molar-refractivity contribution in [1.82, 2.24) is 0 Å². The molecule has 0 aromatic heterocycles. The number of rotatable bonds is 8. The third-order valence-electron chi connectivity index (χ3n) is 4.30. The highest BCUT2D eigenvalue weighted by atomic mass is 35.5. The van der Waals surface area contributed by atoms with Crippen molar-refractivity contribution in [2.24, 2.45) is 0 Å². The lowest BCUT2D eigenvalue weighted by Crippen LogP contribution is -2.40. The normalized spacial score (nSPS) is 13.9. The molecule has 10 heteroatoms. The first-order chi connectivity index (χ1) is 13.8. The minimum atomic E-state index is -1.25. The first-order valence-electron chi connectivity index (χ1n) is 8.89. The van der Waals surface area contributed by atoms with Crippen LogP contribution in [0.15, 0.2) is 23.3 Å². The van der Waals surface area contributed by atoms with Crippen LogP contribution in [0.25, 0.3) is 0 Å². The summed E-state index contributed by atoms with van der Waals surface area (Å²) in [5, 5.41) is 9.31. The molecule has 0 aliphatic heterocycles. The van der Waals surface area contributed by atoms with Crippen LogP contribution in [-0.4, -0.2) is 42.2 Å². The average Bonchev–Trinajstić information content (AvgIpc) is 2.70. The van der Waals surface area contributed by atoms with Gasteiger partial charge in [-0.3, -0.25) is 9.59 Å². The van der Waals surface area contributed by atoms with Crippen LogP contribution in [0.1, 0.15) is 32.6 Å². The van der Waals surface area contributed by atoms with Gasteiger partial charge in [-0.1, -0.05) is 11.6 Å². The Morgan fingerprint density at radius 2 is 1.86 bits per heavy atom. The molecule has 0 radical (unpaired) electrons. The van der Waals surface area contributed by atoms with Gasteiger partial charge in [-0.2, -0.15) is 0 Å². The van der Waals surface area contributed by atoms with Crippen molar-refractivity contribution in [2.45, 2.75) is 32.6 Å². The molecule has 0 bridgehead atoms. The number of carboxylic acids is 1. The molecular formula is C19H20Cl2FNO6. The quantitative estimate of drug-likeness (QED) is 0.368. The summed E-state index contributed by atoms with van der Waals surface area (Å²) in [6.45, 7) is 1.94. The van der Waals surface area contributed by atoms with E-state index in [2.05, 4.69) is 0 Å². The Morgan fingerprint density at radius 3 is 2.45 bits per heavy atom. The van der Waals surface area contributed by atoms with E-state index in [0.717, 1.165) is 12.1 Å². The molecule has 0 atom stereocenters. The number of ether oxygens (including phenoxy) is 2. The molecule has 1 aliphatic carbocycles. The molecule has 158 valence electrons. The number of halogens is 3. The van der Waals surface area contributed by atoms with Crippen LogP contribution in [-0.2, 0) is 19.1 Å². The van der Waals surface area contributed by atoms with Gasteiger partial charge in [-0.05, 0) is 38.7 Å². The van der Waals surface area contributed by atoms with E-state index in [1.165, 1.54) is 0 Å². The summed E-state index contributed by atoms with van der Waals surface area (Å²) in [6.07, 6.45) is 1.53. The summed E-state index contributed by atoms with van der Waals surface area (Å²) in [5.74, 6) is -4.66. The Morgan fingerprint density at radius 1 is 1.21 bits per heavy atom. The zero-order valence-corrected chi connectivity index (χ0v) is 17.2. The lowest BCUT2D eigenvalue weighted by molar-refractivity contribution is -0.133. The highest BCUT2D eigenvalue weighted by molar-refractivity contribution is 6.35. The van der Waals surface area contributed by atoms with Crippen LogP contribution >= 0.6 is 23.2 Å². The maximum Gasteiger partial charge on any atom is 0.332 e. The largest absolute Gasteiger partial charge is 0.478 e.